The van der Waals surface area contributed by atoms with Crippen LogP contribution in [0.5, 0.6) is 0 Å². The van der Waals surface area contributed by atoms with Crippen molar-refractivity contribution < 1.29 is 29.6 Å². The van der Waals surface area contributed by atoms with Crippen LogP contribution in [0.4, 0.5) is 0 Å². The molecule has 0 aromatic carbocycles. The van der Waals surface area contributed by atoms with Crippen molar-refractivity contribution in [2.24, 2.45) is 0 Å². The summed E-state index contributed by atoms with van der Waals surface area (Å²) in [6.45, 7) is 4.00. The van der Waals surface area contributed by atoms with E-state index in [4.69, 9.17) is 4.74 Å². The molecule has 0 rings (SSSR count). The summed E-state index contributed by atoms with van der Waals surface area (Å²) in [4.78, 5) is 0. The van der Waals surface area contributed by atoms with Crippen molar-refractivity contribution >= 4 is 23.1 Å². The molecule has 0 saturated heterocycles. The molecule has 0 radical (unpaired) electrons. The Balaban J connectivity index is -0.0000000267. The van der Waals surface area contributed by atoms with E-state index in [-0.39, 0.29) is 47.9 Å². The van der Waals surface area contributed by atoms with Crippen molar-refractivity contribution in [1.82, 2.24) is 0 Å². The van der Waals surface area contributed by atoms with Crippen molar-refractivity contribution in [3.05, 3.63) is 0 Å². The zero-order chi connectivity index (χ0) is 4.28. The van der Waals surface area contributed by atoms with E-state index in [0.717, 1.165) is 0 Å². The topological polar surface area (TPSA) is 9.23 Å². The van der Waals surface area contributed by atoms with Crippen LogP contribution in [-0.4, -0.2) is 36.3 Å². The fourth-order valence-corrected chi connectivity index (χ4v) is 0. The van der Waals surface area contributed by atoms with Crippen molar-refractivity contribution in [2.75, 3.05) is 7.11 Å². The molecule has 0 bridgehead atoms. The molecule has 8 heavy (non-hydrogen) atoms. The fraction of sp³-hybridized carbons (Fsp3) is 1.00. The number of methoxy groups -OCH3 is 1. The van der Waals surface area contributed by atoms with Crippen LogP contribution in [0.25, 0.3) is 0 Å². The van der Waals surface area contributed by atoms with Crippen LogP contribution in [0, 0.1) is 0 Å². The van der Waals surface area contributed by atoms with Crippen molar-refractivity contribution in [3.63, 3.8) is 0 Å². The molecule has 48 valence electrons. The monoisotopic (exact) mass is 168 g/mol. The van der Waals surface area contributed by atoms with Gasteiger partial charge in [0.2, 0.25) is 0 Å². The Morgan fingerprint density at radius 3 is 1.25 bits per heavy atom. The normalized spacial score (nSPS) is 6.00. The van der Waals surface area contributed by atoms with Crippen LogP contribution in [0.2, 0.25) is 0 Å². The van der Waals surface area contributed by atoms with Gasteiger partial charge in [-0.25, -0.2) is 0 Å². The van der Waals surface area contributed by atoms with Gasteiger partial charge in [-0.1, -0.05) is 0 Å². The Bertz CT molecular complexity index is 28.0. The summed E-state index contributed by atoms with van der Waals surface area (Å²) in [5.74, 6) is 0. The van der Waals surface area contributed by atoms with Gasteiger partial charge in [0.25, 0.3) is 0 Å². The molecule has 0 N–H and O–H groups in total. The van der Waals surface area contributed by atoms with Crippen LogP contribution in [0.3, 0.4) is 0 Å². The molecule has 0 unspecified atom stereocenters. The zero-order valence-corrected chi connectivity index (χ0v) is 8.37. The molecule has 0 amide bonds. The summed E-state index contributed by atoms with van der Waals surface area (Å²) in [6, 6.07) is 0. The van der Waals surface area contributed by atoms with Gasteiger partial charge in [0, 0.05) is 7.11 Å². The van der Waals surface area contributed by atoms with Crippen LogP contribution < -0.4 is 24.8 Å². The van der Waals surface area contributed by atoms with Gasteiger partial charge >= 0.3 is 23.1 Å². The third kappa shape index (κ3) is 26.6. The van der Waals surface area contributed by atoms with E-state index in [1.165, 1.54) is 0 Å². The third-order valence-corrected chi connectivity index (χ3v) is 0.471. The first-order valence-corrected chi connectivity index (χ1v) is 1.80. The van der Waals surface area contributed by atoms with E-state index < -0.39 is 0 Å². The summed E-state index contributed by atoms with van der Waals surface area (Å²) in [5, 5.41) is 0. The van der Waals surface area contributed by atoms with Gasteiger partial charge < -0.3 is 29.6 Å². The van der Waals surface area contributed by atoms with Gasteiger partial charge in [-0.2, -0.15) is 0 Å². The van der Waals surface area contributed by atoms with Gasteiger partial charge in [-0.05, 0) is 13.8 Å². The van der Waals surface area contributed by atoms with E-state index in [1.807, 2.05) is 13.8 Å². The molecule has 0 saturated carbocycles. The van der Waals surface area contributed by atoms with E-state index in [2.05, 4.69) is 0 Å². The number of halogens is 2. The Kier molecular flexibility index (Phi) is 44.9. The zero-order valence-electron chi connectivity index (χ0n) is 5.45. The smallest absolute Gasteiger partial charge is 1.00 e. The second kappa shape index (κ2) is 15.7. The number of hydrogen-bond donors (Lipinski definition) is 0. The van der Waals surface area contributed by atoms with Crippen LogP contribution in [-0.2, 0) is 4.74 Å². The Morgan fingerprint density at radius 2 is 1.25 bits per heavy atom. The van der Waals surface area contributed by atoms with E-state index in [1.54, 1.807) is 7.11 Å². The number of ether oxygens (including phenoxy) is 1. The minimum atomic E-state index is 0. The SMILES string of the molecule is COC(C)C.[Cl-].[Cl-].[Mg+2]. The predicted octanol–water partition coefficient (Wildman–Crippen LogP) is -5.33. The minimum absolute atomic E-state index is 0. The van der Waals surface area contributed by atoms with Crippen molar-refractivity contribution in [1.29, 1.82) is 0 Å². The number of hydrogen-bond acceptors (Lipinski definition) is 1. The number of rotatable bonds is 1. The first-order chi connectivity index (χ1) is 2.27. The fourth-order valence-electron chi connectivity index (χ4n) is 0. The van der Waals surface area contributed by atoms with Crippen LogP contribution in [0.15, 0.2) is 0 Å². The molecule has 4 heteroatoms. The van der Waals surface area contributed by atoms with Crippen molar-refractivity contribution in [2.45, 2.75) is 20.0 Å². The van der Waals surface area contributed by atoms with Crippen LogP contribution in [0.1, 0.15) is 13.8 Å². The Labute approximate surface area is 79.5 Å². The maximum absolute atomic E-state index is 4.75. The molecule has 0 aromatic rings. The first kappa shape index (κ1) is 22.8. The Hall–Kier alpha value is 1.31. The average molecular weight is 169 g/mol. The van der Waals surface area contributed by atoms with Gasteiger partial charge in [0.1, 0.15) is 0 Å². The largest absolute Gasteiger partial charge is 2.00 e. The van der Waals surface area contributed by atoms with Gasteiger partial charge in [0.15, 0.2) is 0 Å². The molecule has 0 aliphatic carbocycles. The van der Waals surface area contributed by atoms with E-state index in [9.17, 15) is 0 Å². The molecular weight excluding hydrogens is 159 g/mol. The average Bonchev–Trinajstić information content (AvgIpc) is 1.38. The summed E-state index contributed by atoms with van der Waals surface area (Å²) in [7, 11) is 1.70. The quantitative estimate of drug-likeness (QED) is 0.356. The van der Waals surface area contributed by atoms with Crippen LogP contribution >= 0.6 is 0 Å². The molecular formula is C4H10Cl2MgO. The Morgan fingerprint density at radius 1 is 1.12 bits per heavy atom. The second-order valence-electron chi connectivity index (χ2n) is 1.28. The molecule has 0 heterocycles. The maximum atomic E-state index is 4.75. The van der Waals surface area contributed by atoms with Gasteiger partial charge in [-0.3, -0.25) is 0 Å². The summed E-state index contributed by atoms with van der Waals surface area (Å²) in [5.41, 5.74) is 0. The van der Waals surface area contributed by atoms with Crippen molar-refractivity contribution in [3.8, 4) is 0 Å². The third-order valence-electron chi connectivity index (χ3n) is 0.471. The summed E-state index contributed by atoms with van der Waals surface area (Å²) < 4.78 is 4.75. The maximum Gasteiger partial charge on any atom is 2.00 e. The second-order valence-corrected chi connectivity index (χ2v) is 1.28. The predicted molar refractivity (Wildman–Crippen MR) is 27.9 cm³/mol. The van der Waals surface area contributed by atoms with Gasteiger partial charge in [0.05, 0.1) is 6.10 Å². The molecule has 0 fully saturated rings. The summed E-state index contributed by atoms with van der Waals surface area (Å²) in [6.07, 6.45) is 0.384. The van der Waals surface area contributed by atoms with E-state index in [0.29, 0.717) is 6.10 Å². The standard InChI is InChI=1S/C4H10O.2ClH.Mg/c1-4(2)5-3;;;/h4H,1-3H3;2*1H;/q;;;+2/p-2. The molecule has 1 nitrogen and oxygen atoms in total. The molecule has 0 atom stereocenters. The van der Waals surface area contributed by atoms with Gasteiger partial charge in [-0.15, -0.1) is 0 Å². The molecule has 0 aromatic heterocycles. The van der Waals surface area contributed by atoms with E-state index >= 15 is 0 Å². The molecule has 0 aliphatic heterocycles. The first-order valence-electron chi connectivity index (χ1n) is 1.80. The molecule has 0 spiro atoms. The summed E-state index contributed by atoms with van der Waals surface area (Å²) >= 11 is 0. The molecule has 0 aliphatic rings. The minimum Gasteiger partial charge on any atom is -1.00 e.